The van der Waals surface area contributed by atoms with E-state index in [1.807, 2.05) is 50.4 Å². The standard InChI is InChI=1S/C19H25N5O/c1-3-11-24-19(25)18(22)17(21)15-6-4-5-14(16(15)20)12-7-9-13(23-2)10-8-12/h4-10,23H,3,11,20-22H2,1-2H3,(H,24,25)/b18-17+. The first-order chi connectivity index (χ1) is 12.0. The molecule has 0 heterocycles. The Kier molecular flexibility index (Phi) is 5.89. The molecule has 8 N–H and O–H groups in total. The Morgan fingerprint density at radius 2 is 1.76 bits per heavy atom. The Hall–Kier alpha value is -3.15. The van der Waals surface area contributed by atoms with Crippen molar-refractivity contribution in [3.05, 3.63) is 53.7 Å². The summed E-state index contributed by atoms with van der Waals surface area (Å²) in [5.74, 6) is -0.387. The first kappa shape index (κ1) is 18.2. The largest absolute Gasteiger partial charge is 0.398 e. The fraction of sp³-hybridized carbons (Fsp3) is 0.211. The summed E-state index contributed by atoms with van der Waals surface area (Å²) in [6, 6.07) is 13.4. The van der Waals surface area contributed by atoms with Crippen molar-refractivity contribution in [2.24, 2.45) is 11.5 Å². The van der Waals surface area contributed by atoms with Crippen molar-refractivity contribution in [2.75, 3.05) is 24.6 Å². The first-order valence-corrected chi connectivity index (χ1v) is 8.20. The van der Waals surface area contributed by atoms with Crippen molar-refractivity contribution in [3.63, 3.8) is 0 Å². The Balaban J connectivity index is 2.41. The number of hydrogen-bond acceptors (Lipinski definition) is 5. The molecule has 0 saturated heterocycles. The molecule has 0 aliphatic rings. The second-order valence-electron chi connectivity index (χ2n) is 5.68. The molecule has 0 radical (unpaired) electrons. The second kappa shape index (κ2) is 8.10. The summed E-state index contributed by atoms with van der Waals surface area (Å²) < 4.78 is 0. The number of carbonyl (C=O) groups excluding carboxylic acids is 1. The maximum Gasteiger partial charge on any atom is 0.269 e. The SMILES string of the molecule is CCCNC(=O)/C(N)=C(\N)c1cccc(-c2ccc(NC)cc2)c1N. The topological polar surface area (TPSA) is 119 Å². The van der Waals surface area contributed by atoms with Crippen molar-refractivity contribution < 1.29 is 4.79 Å². The van der Waals surface area contributed by atoms with Gasteiger partial charge in [0.15, 0.2) is 0 Å². The molecule has 0 aliphatic carbocycles. The van der Waals surface area contributed by atoms with E-state index in [4.69, 9.17) is 17.2 Å². The predicted octanol–water partition coefficient (Wildman–Crippen LogP) is 2.09. The van der Waals surface area contributed by atoms with E-state index < -0.39 is 0 Å². The summed E-state index contributed by atoms with van der Waals surface area (Å²) in [5.41, 5.74) is 22.3. The number of amides is 1. The van der Waals surface area contributed by atoms with Gasteiger partial charge in [0, 0.05) is 36.1 Å². The minimum Gasteiger partial charge on any atom is -0.398 e. The highest BCUT2D eigenvalue weighted by molar-refractivity contribution is 6.01. The van der Waals surface area contributed by atoms with Crippen molar-refractivity contribution >= 4 is 23.0 Å². The normalized spacial score (nSPS) is 11.6. The van der Waals surface area contributed by atoms with Crippen LogP contribution in [0, 0.1) is 0 Å². The molecule has 0 bridgehead atoms. The minimum absolute atomic E-state index is 0.0252. The van der Waals surface area contributed by atoms with Crippen molar-refractivity contribution in [1.29, 1.82) is 0 Å². The number of benzene rings is 2. The lowest BCUT2D eigenvalue weighted by molar-refractivity contribution is -0.117. The molecule has 0 saturated carbocycles. The van der Waals surface area contributed by atoms with Gasteiger partial charge < -0.3 is 27.8 Å². The van der Waals surface area contributed by atoms with Gasteiger partial charge in [-0.05, 0) is 24.1 Å². The number of nitrogens with two attached hydrogens (primary N) is 3. The third-order valence-electron chi connectivity index (χ3n) is 3.95. The molecule has 0 spiro atoms. The zero-order valence-corrected chi connectivity index (χ0v) is 14.6. The average molecular weight is 339 g/mol. The molecule has 0 aliphatic heterocycles. The third-order valence-corrected chi connectivity index (χ3v) is 3.95. The summed E-state index contributed by atoms with van der Waals surface area (Å²) in [6.07, 6.45) is 0.819. The van der Waals surface area contributed by atoms with Crippen LogP contribution in [0.15, 0.2) is 48.2 Å². The highest BCUT2D eigenvalue weighted by Crippen LogP contribution is 2.32. The van der Waals surface area contributed by atoms with Crippen molar-refractivity contribution in [3.8, 4) is 11.1 Å². The van der Waals surface area contributed by atoms with Crippen molar-refractivity contribution in [2.45, 2.75) is 13.3 Å². The number of anilines is 2. The first-order valence-electron chi connectivity index (χ1n) is 8.20. The van der Waals surface area contributed by atoms with E-state index >= 15 is 0 Å². The van der Waals surface area contributed by atoms with Crippen LogP contribution in [0.2, 0.25) is 0 Å². The van der Waals surface area contributed by atoms with E-state index in [9.17, 15) is 4.79 Å². The van der Waals surface area contributed by atoms with Gasteiger partial charge in [-0.3, -0.25) is 4.79 Å². The summed E-state index contributed by atoms with van der Waals surface area (Å²) in [6.45, 7) is 2.50. The molecule has 1 amide bonds. The van der Waals surface area contributed by atoms with Crippen LogP contribution in [0.25, 0.3) is 16.8 Å². The van der Waals surface area contributed by atoms with Crippen LogP contribution in [-0.4, -0.2) is 19.5 Å². The van der Waals surface area contributed by atoms with Gasteiger partial charge in [0.05, 0.1) is 5.70 Å². The van der Waals surface area contributed by atoms with E-state index in [-0.39, 0.29) is 17.3 Å². The quantitative estimate of drug-likeness (QED) is 0.408. The van der Waals surface area contributed by atoms with Gasteiger partial charge >= 0.3 is 0 Å². The number of hydrogen-bond donors (Lipinski definition) is 5. The Morgan fingerprint density at radius 1 is 1.08 bits per heavy atom. The lowest BCUT2D eigenvalue weighted by Crippen LogP contribution is -2.31. The summed E-state index contributed by atoms with van der Waals surface area (Å²) in [7, 11) is 1.86. The summed E-state index contributed by atoms with van der Waals surface area (Å²) in [4.78, 5) is 12.0. The third kappa shape index (κ3) is 4.03. The van der Waals surface area contributed by atoms with Gasteiger partial charge in [-0.15, -0.1) is 0 Å². The number of nitrogens with one attached hydrogen (secondary N) is 2. The van der Waals surface area contributed by atoms with Crippen LogP contribution in [0.5, 0.6) is 0 Å². The van der Waals surface area contributed by atoms with E-state index in [1.54, 1.807) is 6.07 Å². The number of nitrogen functional groups attached to an aromatic ring is 1. The maximum absolute atomic E-state index is 12.0. The fourth-order valence-corrected chi connectivity index (χ4v) is 2.47. The van der Waals surface area contributed by atoms with Gasteiger partial charge in [0.1, 0.15) is 5.70 Å². The van der Waals surface area contributed by atoms with Gasteiger partial charge in [-0.2, -0.15) is 0 Å². The highest BCUT2D eigenvalue weighted by Gasteiger charge is 2.15. The number of rotatable bonds is 6. The van der Waals surface area contributed by atoms with Crippen LogP contribution >= 0.6 is 0 Å². The Morgan fingerprint density at radius 3 is 2.36 bits per heavy atom. The summed E-state index contributed by atoms with van der Waals surface area (Å²) in [5, 5.41) is 5.79. The molecule has 2 rings (SSSR count). The minimum atomic E-state index is -0.387. The molecule has 132 valence electrons. The second-order valence-corrected chi connectivity index (χ2v) is 5.68. The van der Waals surface area contributed by atoms with E-state index in [0.29, 0.717) is 17.8 Å². The van der Waals surface area contributed by atoms with Gasteiger partial charge in [-0.1, -0.05) is 37.3 Å². The zero-order valence-electron chi connectivity index (χ0n) is 14.6. The maximum atomic E-state index is 12.0. The monoisotopic (exact) mass is 339 g/mol. The predicted molar refractivity (Wildman–Crippen MR) is 104 cm³/mol. The molecule has 0 aromatic heterocycles. The van der Waals surface area contributed by atoms with Gasteiger partial charge in [-0.25, -0.2) is 0 Å². The summed E-state index contributed by atoms with van der Waals surface area (Å²) >= 11 is 0. The Labute approximate surface area is 148 Å². The molecule has 2 aromatic rings. The fourth-order valence-electron chi connectivity index (χ4n) is 2.47. The van der Waals surface area contributed by atoms with E-state index in [2.05, 4.69) is 10.6 Å². The molecule has 0 fully saturated rings. The molecule has 6 heteroatoms. The molecule has 2 aromatic carbocycles. The Bertz CT molecular complexity index is 781. The lowest BCUT2D eigenvalue weighted by atomic mass is 9.98. The van der Waals surface area contributed by atoms with Crippen LogP contribution in [0.1, 0.15) is 18.9 Å². The smallest absolute Gasteiger partial charge is 0.269 e. The molecular weight excluding hydrogens is 314 g/mol. The van der Waals surface area contributed by atoms with Gasteiger partial charge in [0.2, 0.25) is 0 Å². The molecular formula is C19H25N5O. The van der Waals surface area contributed by atoms with E-state index in [0.717, 1.165) is 23.2 Å². The van der Waals surface area contributed by atoms with E-state index in [1.165, 1.54) is 0 Å². The van der Waals surface area contributed by atoms with Gasteiger partial charge in [0.25, 0.3) is 5.91 Å². The number of para-hydroxylation sites is 1. The van der Waals surface area contributed by atoms with Crippen LogP contribution in [-0.2, 0) is 4.79 Å². The average Bonchev–Trinajstić information content (AvgIpc) is 2.65. The zero-order chi connectivity index (χ0) is 18.4. The molecule has 0 atom stereocenters. The van der Waals surface area contributed by atoms with Crippen molar-refractivity contribution in [1.82, 2.24) is 5.32 Å². The highest BCUT2D eigenvalue weighted by atomic mass is 16.2. The van der Waals surface area contributed by atoms with Crippen LogP contribution in [0.3, 0.4) is 0 Å². The lowest BCUT2D eigenvalue weighted by Gasteiger charge is -2.14. The molecule has 0 unspecified atom stereocenters. The molecule has 6 nitrogen and oxygen atoms in total. The van der Waals surface area contributed by atoms with Crippen LogP contribution in [0.4, 0.5) is 11.4 Å². The van der Waals surface area contributed by atoms with Crippen LogP contribution < -0.4 is 27.8 Å². The molecule has 25 heavy (non-hydrogen) atoms. The number of carbonyl (C=O) groups is 1.